The lowest BCUT2D eigenvalue weighted by atomic mass is 9.99. The molecule has 3 nitrogen and oxygen atoms in total. The van der Waals surface area contributed by atoms with E-state index in [4.69, 9.17) is 0 Å². The molecule has 0 aromatic carbocycles. The van der Waals surface area contributed by atoms with Gasteiger partial charge in [-0.25, -0.2) is 4.52 Å². The third-order valence-corrected chi connectivity index (χ3v) is 2.87. The summed E-state index contributed by atoms with van der Waals surface area (Å²) in [6, 6.07) is 5.94. The highest BCUT2D eigenvalue weighted by Crippen LogP contribution is 2.29. The van der Waals surface area contributed by atoms with Gasteiger partial charge in [0, 0.05) is 11.8 Å². The van der Waals surface area contributed by atoms with Gasteiger partial charge in [0.1, 0.15) is 0 Å². The number of aliphatic hydroxyl groups is 1. The first kappa shape index (κ1) is 11.1. The van der Waals surface area contributed by atoms with E-state index in [1.165, 1.54) is 0 Å². The first-order valence-electron chi connectivity index (χ1n) is 5.80. The lowest BCUT2D eigenvalue weighted by Crippen LogP contribution is -2.00. The quantitative estimate of drug-likeness (QED) is 0.860. The molecule has 0 aliphatic heterocycles. The number of nitrogens with zero attached hydrogens (tertiary/aromatic N) is 2. The van der Waals surface area contributed by atoms with Gasteiger partial charge in [-0.1, -0.05) is 26.8 Å². The van der Waals surface area contributed by atoms with Crippen molar-refractivity contribution in [2.45, 2.75) is 39.2 Å². The first-order valence-corrected chi connectivity index (χ1v) is 5.80. The average molecular weight is 218 g/mol. The van der Waals surface area contributed by atoms with Gasteiger partial charge in [0.2, 0.25) is 0 Å². The SMILES string of the molecule is CCC(O)c1c(C(C)C)nn2ccccc12. The fourth-order valence-electron chi connectivity index (χ4n) is 2.01. The number of aromatic nitrogens is 2. The molecule has 0 saturated heterocycles. The summed E-state index contributed by atoms with van der Waals surface area (Å²) in [6.45, 7) is 6.20. The Kier molecular flexibility index (Phi) is 2.97. The number of hydrogen-bond acceptors (Lipinski definition) is 2. The van der Waals surface area contributed by atoms with Crippen LogP contribution < -0.4 is 0 Å². The monoisotopic (exact) mass is 218 g/mol. The molecule has 16 heavy (non-hydrogen) atoms. The van der Waals surface area contributed by atoms with Gasteiger partial charge in [-0.2, -0.15) is 5.10 Å². The molecule has 0 saturated carbocycles. The minimum absolute atomic E-state index is 0.330. The summed E-state index contributed by atoms with van der Waals surface area (Å²) in [6.07, 6.45) is 2.22. The van der Waals surface area contributed by atoms with Gasteiger partial charge in [0.15, 0.2) is 0 Å². The Bertz CT molecular complexity index is 488. The van der Waals surface area contributed by atoms with Gasteiger partial charge in [-0.15, -0.1) is 0 Å². The summed E-state index contributed by atoms with van der Waals surface area (Å²) in [4.78, 5) is 0. The van der Waals surface area contributed by atoms with Crippen molar-refractivity contribution in [3.63, 3.8) is 0 Å². The molecule has 0 bridgehead atoms. The molecule has 0 radical (unpaired) electrons. The average Bonchev–Trinajstić information content (AvgIpc) is 2.67. The van der Waals surface area contributed by atoms with Crippen LogP contribution >= 0.6 is 0 Å². The second kappa shape index (κ2) is 4.26. The molecule has 1 N–H and O–H groups in total. The molecular formula is C13H18N2O. The predicted molar refractivity (Wildman–Crippen MR) is 64.5 cm³/mol. The highest BCUT2D eigenvalue weighted by Gasteiger charge is 2.20. The van der Waals surface area contributed by atoms with Gasteiger partial charge >= 0.3 is 0 Å². The number of hydrogen-bond donors (Lipinski definition) is 1. The molecular weight excluding hydrogens is 200 g/mol. The van der Waals surface area contributed by atoms with Crippen molar-refractivity contribution < 1.29 is 5.11 Å². The van der Waals surface area contributed by atoms with Crippen molar-refractivity contribution in [2.75, 3.05) is 0 Å². The lowest BCUT2D eigenvalue weighted by Gasteiger charge is -2.10. The molecule has 2 aromatic rings. The third kappa shape index (κ3) is 1.71. The second-order valence-electron chi connectivity index (χ2n) is 4.41. The maximum absolute atomic E-state index is 10.1. The van der Waals surface area contributed by atoms with Crippen molar-refractivity contribution in [1.82, 2.24) is 9.61 Å². The fourth-order valence-corrected chi connectivity index (χ4v) is 2.01. The van der Waals surface area contributed by atoms with Gasteiger partial charge in [-0.05, 0) is 24.5 Å². The second-order valence-corrected chi connectivity index (χ2v) is 4.41. The predicted octanol–water partition coefficient (Wildman–Crippen LogP) is 2.90. The Morgan fingerprint density at radius 2 is 2.12 bits per heavy atom. The molecule has 2 rings (SSSR count). The molecule has 1 unspecified atom stereocenters. The van der Waals surface area contributed by atoms with E-state index in [1.807, 2.05) is 35.8 Å². The van der Waals surface area contributed by atoms with E-state index in [-0.39, 0.29) is 0 Å². The Hall–Kier alpha value is -1.35. The van der Waals surface area contributed by atoms with Crippen LogP contribution in [0.25, 0.3) is 5.52 Å². The van der Waals surface area contributed by atoms with Gasteiger partial charge in [0.05, 0.1) is 17.3 Å². The molecule has 0 spiro atoms. The minimum Gasteiger partial charge on any atom is -0.388 e. The number of aliphatic hydroxyl groups excluding tert-OH is 1. The van der Waals surface area contributed by atoms with Crippen molar-refractivity contribution >= 4 is 5.52 Å². The lowest BCUT2D eigenvalue weighted by molar-refractivity contribution is 0.174. The Morgan fingerprint density at radius 3 is 2.75 bits per heavy atom. The van der Waals surface area contributed by atoms with Crippen molar-refractivity contribution in [2.24, 2.45) is 0 Å². The molecule has 2 aromatic heterocycles. The van der Waals surface area contributed by atoms with E-state index in [1.54, 1.807) is 0 Å². The van der Waals surface area contributed by atoms with Gasteiger partial charge in [-0.3, -0.25) is 0 Å². The maximum atomic E-state index is 10.1. The van der Waals surface area contributed by atoms with E-state index < -0.39 is 6.10 Å². The van der Waals surface area contributed by atoms with Crippen molar-refractivity contribution in [3.05, 3.63) is 35.7 Å². The van der Waals surface area contributed by atoms with Crippen LogP contribution in [0.3, 0.4) is 0 Å². The standard InChI is InChI=1S/C13H18N2O/c1-4-11(16)12-10-7-5-6-8-15(10)14-13(12)9(2)3/h5-9,11,16H,4H2,1-3H3. The molecule has 86 valence electrons. The zero-order chi connectivity index (χ0) is 11.7. The summed E-state index contributed by atoms with van der Waals surface area (Å²) in [7, 11) is 0. The van der Waals surface area contributed by atoms with Crippen LogP contribution in [0.1, 0.15) is 50.5 Å². The maximum Gasteiger partial charge on any atom is 0.0827 e. The molecule has 0 aliphatic rings. The van der Waals surface area contributed by atoms with Crippen LogP contribution in [-0.4, -0.2) is 14.7 Å². The number of rotatable bonds is 3. The van der Waals surface area contributed by atoms with Crippen molar-refractivity contribution in [3.8, 4) is 0 Å². The Balaban J connectivity index is 2.69. The highest BCUT2D eigenvalue weighted by atomic mass is 16.3. The largest absolute Gasteiger partial charge is 0.388 e. The smallest absolute Gasteiger partial charge is 0.0827 e. The van der Waals surface area contributed by atoms with Crippen LogP contribution in [0.5, 0.6) is 0 Å². The molecule has 0 fully saturated rings. The summed E-state index contributed by atoms with van der Waals surface area (Å²) >= 11 is 0. The zero-order valence-corrected chi connectivity index (χ0v) is 10.0. The van der Waals surface area contributed by atoms with Gasteiger partial charge in [0.25, 0.3) is 0 Å². The van der Waals surface area contributed by atoms with E-state index in [2.05, 4.69) is 18.9 Å². The number of fused-ring (bicyclic) bond motifs is 1. The Labute approximate surface area is 95.7 Å². The van der Waals surface area contributed by atoms with E-state index in [9.17, 15) is 5.11 Å². The number of pyridine rings is 1. The van der Waals surface area contributed by atoms with Crippen LogP contribution in [0.15, 0.2) is 24.4 Å². The summed E-state index contributed by atoms with van der Waals surface area (Å²) < 4.78 is 1.85. The molecule has 0 amide bonds. The molecule has 1 atom stereocenters. The molecule has 0 aliphatic carbocycles. The normalized spacial score (nSPS) is 13.6. The minimum atomic E-state index is -0.419. The topological polar surface area (TPSA) is 37.5 Å². The van der Waals surface area contributed by atoms with Crippen LogP contribution in [0.2, 0.25) is 0 Å². The molecule has 3 heteroatoms. The summed E-state index contributed by atoms with van der Waals surface area (Å²) in [5.41, 5.74) is 3.00. The van der Waals surface area contributed by atoms with Crippen molar-refractivity contribution in [1.29, 1.82) is 0 Å². The van der Waals surface area contributed by atoms with Gasteiger partial charge < -0.3 is 5.11 Å². The third-order valence-electron chi connectivity index (χ3n) is 2.87. The van der Waals surface area contributed by atoms with Crippen LogP contribution in [0.4, 0.5) is 0 Å². The summed E-state index contributed by atoms with van der Waals surface area (Å²) in [5, 5.41) is 14.6. The highest BCUT2D eigenvalue weighted by molar-refractivity contribution is 5.58. The fraction of sp³-hybridized carbons (Fsp3) is 0.462. The van der Waals surface area contributed by atoms with E-state index >= 15 is 0 Å². The zero-order valence-electron chi connectivity index (χ0n) is 10.0. The van der Waals surface area contributed by atoms with E-state index in [0.29, 0.717) is 5.92 Å². The van der Waals surface area contributed by atoms with E-state index in [0.717, 1.165) is 23.2 Å². The Morgan fingerprint density at radius 1 is 1.38 bits per heavy atom. The van der Waals surface area contributed by atoms with Crippen LogP contribution in [0, 0.1) is 0 Å². The molecule has 2 heterocycles. The summed E-state index contributed by atoms with van der Waals surface area (Å²) in [5.74, 6) is 0.330. The first-order chi connectivity index (χ1) is 7.65. The van der Waals surface area contributed by atoms with Crippen LogP contribution in [-0.2, 0) is 0 Å².